The topological polar surface area (TPSA) is 38.3 Å². The van der Waals surface area contributed by atoms with E-state index in [1.165, 1.54) is 0 Å². The maximum absolute atomic E-state index is 12.9. The van der Waals surface area contributed by atoms with Crippen molar-refractivity contribution >= 4 is 35.0 Å². The van der Waals surface area contributed by atoms with E-state index in [0.29, 0.717) is 16.3 Å². The normalized spacial score (nSPS) is 10.6. The molecule has 0 saturated carbocycles. The Morgan fingerprint density at radius 1 is 1.07 bits per heavy atom. The van der Waals surface area contributed by atoms with Crippen LogP contribution >= 0.6 is 23.4 Å². The molecule has 3 aromatic rings. The third-order valence-corrected chi connectivity index (χ3v) is 6.04. The lowest BCUT2D eigenvalue weighted by Crippen LogP contribution is -2.14. The van der Waals surface area contributed by atoms with Crippen molar-refractivity contribution in [3.63, 3.8) is 0 Å². The van der Waals surface area contributed by atoms with Gasteiger partial charge in [0.2, 0.25) is 0 Å². The summed E-state index contributed by atoms with van der Waals surface area (Å²) in [6.45, 7) is 4.10. The van der Waals surface area contributed by atoms with Gasteiger partial charge in [0, 0.05) is 32.5 Å². The quantitative estimate of drug-likeness (QED) is 0.425. The van der Waals surface area contributed by atoms with Gasteiger partial charge >= 0.3 is 0 Å². The van der Waals surface area contributed by atoms with Gasteiger partial charge in [0.25, 0.3) is 5.91 Å². The molecular weight excluding hydrogens is 402 g/mol. The van der Waals surface area contributed by atoms with Crippen molar-refractivity contribution in [1.82, 2.24) is 0 Å². The smallest absolute Gasteiger partial charge is 0.255 e. The summed E-state index contributed by atoms with van der Waals surface area (Å²) in [6.07, 6.45) is 0.864. The SMILES string of the molecule is CCc1cccc(C)c1NC(=O)c1ccc(OC)c(CSc2ccc(Cl)cc2)c1. The van der Waals surface area contributed by atoms with Gasteiger partial charge in [-0.05, 0) is 66.9 Å². The lowest BCUT2D eigenvalue weighted by atomic mass is 10.0. The molecule has 3 nitrogen and oxygen atoms in total. The van der Waals surface area contributed by atoms with Crippen LogP contribution in [0.2, 0.25) is 5.02 Å². The van der Waals surface area contributed by atoms with Gasteiger partial charge in [0.05, 0.1) is 7.11 Å². The monoisotopic (exact) mass is 425 g/mol. The number of methoxy groups -OCH3 is 1. The molecule has 0 aliphatic carbocycles. The molecule has 0 saturated heterocycles. The average Bonchev–Trinajstić information content (AvgIpc) is 2.74. The zero-order valence-electron chi connectivity index (χ0n) is 16.8. The molecular formula is C24H24ClNO2S. The van der Waals surface area contributed by atoms with Gasteiger partial charge in [-0.1, -0.05) is 36.7 Å². The van der Waals surface area contributed by atoms with Crippen LogP contribution in [0.5, 0.6) is 5.75 Å². The predicted molar refractivity (Wildman–Crippen MR) is 123 cm³/mol. The lowest BCUT2D eigenvalue weighted by Gasteiger charge is -2.14. The molecule has 1 N–H and O–H groups in total. The first kappa shape index (κ1) is 21.3. The fraction of sp³-hybridized carbons (Fsp3) is 0.208. The number of aryl methyl sites for hydroxylation is 2. The molecule has 150 valence electrons. The summed E-state index contributed by atoms with van der Waals surface area (Å²) in [6, 6.07) is 19.4. The molecule has 0 spiro atoms. The Bertz CT molecular complexity index is 1000. The molecule has 0 unspecified atom stereocenters. The minimum atomic E-state index is -0.116. The summed E-state index contributed by atoms with van der Waals surface area (Å²) in [4.78, 5) is 14.0. The van der Waals surface area contributed by atoms with Crippen molar-refractivity contribution in [3.8, 4) is 5.75 Å². The van der Waals surface area contributed by atoms with E-state index in [0.717, 1.165) is 39.4 Å². The highest BCUT2D eigenvalue weighted by atomic mass is 35.5. The van der Waals surface area contributed by atoms with E-state index >= 15 is 0 Å². The number of para-hydroxylation sites is 1. The molecule has 0 atom stereocenters. The first-order chi connectivity index (χ1) is 14.0. The number of carbonyl (C=O) groups excluding carboxylic acids is 1. The Morgan fingerprint density at radius 3 is 2.52 bits per heavy atom. The highest BCUT2D eigenvalue weighted by Gasteiger charge is 2.13. The van der Waals surface area contributed by atoms with Crippen molar-refractivity contribution in [2.45, 2.75) is 30.9 Å². The number of rotatable bonds is 7. The van der Waals surface area contributed by atoms with Crippen molar-refractivity contribution in [2.24, 2.45) is 0 Å². The maximum Gasteiger partial charge on any atom is 0.255 e. The number of carbonyl (C=O) groups is 1. The Hall–Kier alpha value is -2.43. The molecule has 3 rings (SSSR count). The molecule has 29 heavy (non-hydrogen) atoms. The van der Waals surface area contributed by atoms with Crippen molar-refractivity contribution in [3.05, 3.63) is 87.9 Å². The van der Waals surface area contributed by atoms with Gasteiger partial charge in [-0.3, -0.25) is 4.79 Å². The largest absolute Gasteiger partial charge is 0.496 e. The second kappa shape index (κ2) is 9.86. The highest BCUT2D eigenvalue weighted by molar-refractivity contribution is 7.98. The number of halogens is 1. The molecule has 0 heterocycles. The van der Waals surface area contributed by atoms with Gasteiger partial charge in [-0.25, -0.2) is 0 Å². The number of amides is 1. The fourth-order valence-corrected chi connectivity index (χ4v) is 4.11. The summed E-state index contributed by atoms with van der Waals surface area (Å²) in [5, 5.41) is 3.81. The minimum absolute atomic E-state index is 0.116. The van der Waals surface area contributed by atoms with Gasteiger partial charge < -0.3 is 10.1 Å². The van der Waals surface area contributed by atoms with E-state index in [-0.39, 0.29) is 5.91 Å². The van der Waals surface area contributed by atoms with Crippen molar-refractivity contribution in [1.29, 1.82) is 0 Å². The predicted octanol–water partition coefficient (Wildman–Crippen LogP) is 6.76. The van der Waals surface area contributed by atoms with Crippen molar-refractivity contribution < 1.29 is 9.53 Å². The molecule has 0 bridgehead atoms. The summed E-state index contributed by atoms with van der Waals surface area (Å²) in [5.41, 5.74) is 4.67. The standard InChI is InChI=1S/C24H24ClNO2S/c1-4-17-7-5-6-16(2)23(17)26-24(27)18-8-13-22(28-3)19(14-18)15-29-21-11-9-20(25)10-12-21/h5-14H,4,15H2,1-3H3,(H,26,27). The van der Waals surface area contributed by atoms with Gasteiger partial charge in [-0.2, -0.15) is 0 Å². The maximum atomic E-state index is 12.9. The Labute approximate surface area is 181 Å². The molecule has 0 radical (unpaired) electrons. The number of hydrogen-bond donors (Lipinski definition) is 1. The van der Waals surface area contributed by atoms with Gasteiger partial charge in [0.15, 0.2) is 0 Å². The van der Waals surface area contributed by atoms with Crippen LogP contribution in [-0.4, -0.2) is 13.0 Å². The van der Waals surface area contributed by atoms with Crippen LogP contribution < -0.4 is 10.1 Å². The van der Waals surface area contributed by atoms with E-state index in [2.05, 4.69) is 12.2 Å². The van der Waals surface area contributed by atoms with E-state index < -0.39 is 0 Å². The first-order valence-corrected chi connectivity index (χ1v) is 10.8. The lowest BCUT2D eigenvalue weighted by molar-refractivity contribution is 0.102. The number of nitrogens with one attached hydrogen (secondary N) is 1. The molecule has 0 aliphatic heterocycles. The van der Waals surface area contributed by atoms with E-state index in [1.807, 2.05) is 61.5 Å². The molecule has 3 aromatic carbocycles. The van der Waals surface area contributed by atoms with Crippen LogP contribution in [0.3, 0.4) is 0 Å². The molecule has 0 aromatic heterocycles. The summed E-state index contributed by atoms with van der Waals surface area (Å²) in [5.74, 6) is 1.35. The molecule has 5 heteroatoms. The number of benzene rings is 3. The highest BCUT2D eigenvalue weighted by Crippen LogP contribution is 2.30. The number of ether oxygens (including phenoxy) is 1. The summed E-state index contributed by atoms with van der Waals surface area (Å²) < 4.78 is 5.50. The van der Waals surface area contributed by atoms with Gasteiger partial charge in [-0.15, -0.1) is 11.8 Å². The molecule has 1 amide bonds. The number of anilines is 1. The van der Waals surface area contributed by atoms with E-state index in [1.54, 1.807) is 24.9 Å². The van der Waals surface area contributed by atoms with Crippen LogP contribution in [0.15, 0.2) is 65.6 Å². The van der Waals surface area contributed by atoms with Crippen LogP contribution in [0.4, 0.5) is 5.69 Å². The minimum Gasteiger partial charge on any atom is -0.496 e. The van der Waals surface area contributed by atoms with Crippen LogP contribution in [0, 0.1) is 6.92 Å². The third-order valence-electron chi connectivity index (χ3n) is 4.73. The second-order valence-electron chi connectivity index (χ2n) is 6.69. The Kier molecular flexibility index (Phi) is 7.24. The first-order valence-electron chi connectivity index (χ1n) is 9.47. The Balaban J connectivity index is 1.80. The second-order valence-corrected chi connectivity index (χ2v) is 8.17. The van der Waals surface area contributed by atoms with Crippen LogP contribution in [-0.2, 0) is 12.2 Å². The fourth-order valence-electron chi connectivity index (χ4n) is 3.11. The molecule has 0 fully saturated rings. The Morgan fingerprint density at radius 2 is 1.83 bits per heavy atom. The zero-order chi connectivity index (χ0) is 20.8. The van der Waals surface area contributed by atoms with Gasteiger partial charge in [0.1, 0.15) is 5.75 Å². The summed E-state index contributed by atoms with van der Waals surface area (Å²) >= 11 is 7.63. The van der Waals surface area contributed by atoms with E-state index in [9.17, 15) is 4.79 Å². The van der Waals surface area contributed by atoms with E-state index in [4.69, 9.17) is 16.3 Å². The third kappa shape index (κ3) is 5.34. The molecule has 0 aliphatic rings. The van der Waals surface area contributed by atoms with Crippen LogP contribution in [0.1, 0.15) is 34.0 Å². The van der Waals surface area contributed by atoms with Crippen molar-refractivity contribution in [2.75, 3.05) is 12.4 Å². The summed E-state index contributed by atoms with van der Waals surface area (Å²) in [7, 11) is 1.65. The number of hydrogen-bond acceptors (Lipinski definition) is 3. The average molecular weight is 426 g/mol. The van der Waals surface area contributed by atoms with Crippen LogP contribution in [0.25, 0.3) is 0 Å². The zero-order valence-corrected chi connectivity index (χ0v) is 18.4. The number of thioether (sulfide) groups is 1.